The first-order valence-corrected chi connectivity index (χ1v) is 9.44. The van der Waals surface area contributed by atoms with E-state index in [9.17, 15) is 9.59 Å². The third kappa shape index (κ3) is 3.60. The first-order chi connectivity index (χ1) is 13.1. The van der Waals surface area contributed by atoms with Crippen LogP contribution in [0, 0.1) is 11.8 Å². The first-order valence-electron chi connectivity index (χ1n) is 9.44. The molecule has 2 saturated heterocycles. The first kappa shape index (κ1) is 17.7. The Morgan fingerprint density at radius 2 is 1.70 bits per heavy atom. The van der Waals surface area contributed by atoms with E-state index in [4.69, 9.17) is 4.74 Å². The highest BCUT2D eigenvalue weighted by atomic mass is 16.6. The molecule has 5 nitrogen and oxygen atoms in total. The maximum atomic E-state index is 13.2. The molecule has 0 spiro atoms. The summed E-state index contributed by atoms with van der Waals surface area (Å²) in [6, 6.07) is 19.6. The van der Waals surface area contributed by atoms with E-state index in [-0.39, 0.29) is 30.4 Å². The van der Waals surface area contributed by atoms with Crippen molar-refractivity contribution in [2.24, 2.45) is 11.8 Å². The Balaban J connectivity index is 1.49. The summed E-state index contributed by atoms with van der Waals surface area (Å²) in [5, 5.41) is 0. The van der Waals surface area contributed by atoms with Crippen molar-refractivity contribution in [1.82, 2.24) is 9.80 Å². The standard InChI is InChI=1S/C22H24N2O3/c1-16-12-23(13-17-8-4-2-5-9-17)14-19(16)21(25)24-20(15-27-22(24)26)18-10-6-3-7-11-18/h2-11,16,19-20H,12-15H2,1H3/t16-,19+,20-/m1/s1. The number of hydrogen-bond acceptors (Lipinski definition) is 4. The van der Waals surface area contributed by atoms with Crippen LogP contribution in [0.25, 0.3) is 0 Å². The van der Waals surface area contributed by atoms with E-state index in [0.717, 1.165) is 18.7 Å². The predicted molar refractivity (Wildman–Crippen MR) is 102 cm³/mol. The molecular weight excluding hydrogens is 340 g/mol. The molecule has 0 aliphatic carbocycles. The maximum Gasteiger partial charge on any atom is 0.417 e. The number of likely N-dealkylation sites (tertiary alicyclic amines) is 1. The molecule has 4 rings (SSSR count). The van der Waals surface area contributed by atoms with Gasteiger partial charge in [0.15, 0.2) is 0 Å². The zero-order valence-electron chi connectivity index (χ0n) is 15.5. The highest BCUT2D eigenvalue weighted by Crippen LogP contribution is 2.33. The molecule has 0 saturated carbocycles. The zero-order valence-corrected chi connectivity index (χ0v) is 15.5. The van der Waals surface area contributed by atoms with Gasteiger partial charge in [0.25, 0.3) is 0 Å². The lowest BCUT2D eigenvalue weighted by Crippen LogP contribution is -2.41. The number of ether oxygens (including phenoxy) is 1. The number of amides is 2. The SMILES string of the molecule is C[C@@H]1CN(Cc2ccccc2)C[C@@H]1C(=O)N1C(=O)OC[C@@H]1c1ccccc1. The van der Waals surface area contributed by atoms with E-state index in [1.165, 1.54) is 10.5 Å². The molecule has 2 fully saturated rings. The molecule has 2 heterocycles. The van der Waals surface area contributed by atoms with E-state index < -0.39 is 6.09 Å². The van der Waals surface area contributed by atoms with Crippen molar-refractivity contribution in [1.29, 1.82) is 0 Å². The second-order valence-electron chi connectivity index (χ2n) is 7.48. The molecular formula is C22H24N2O3. The van der Waals surface area contributed by atoms with Crippen LogP contribution >= 0.6 is 0 Å². The molecule has 5 heteroatoms. The van der Waals surface area contributed by atoms with Crippen molar-refractivity contribution in [2.45, 2.75) is 19.5 Å². The molecule has 3 atom stereocenters. The molecule has 27 heavy (non-hydrogen) atoms. The summed E-state index contributed by atoms with van der Waals surface area (Å²) in [5.74, 6) is -0.106. The fourth-order valence-electron chi connectivity index (χ4n) is 4.12. The second kappa shape index (κ2) is 7.53. The van der Waals surface area contributed by atoms with Crippen molar-refractivity contribution >= 4 is 12.0 Å². The summed E-state index contributed by atoms with van der Waals surface area (Å²) in [6.45, 7) is 4.65. The van der Waals surface area contributed by atoms with Gasteiger partial charge in [-0.1, -0.05) is 67.6 Å². The van der Waals surface area contributed by atoms with Crippen molar-refractivity contribution in [3.8, 4) is 0 Å². The molecule has 2 aliphatic rings. The fraction of sp³-hybridized carbons (Fsp3) is 0.364. The van der Waals surface area contributed by atoms with Gasteiger partial charge in [-0.05, 0) is 17.0 Å². The molecule has 2 aliphatic heterocycles. The van der Waals surface area contributed by atoms with Crippen LogP contribution in [0.2, 0.25) is 0 Å². The van der Waals surface area contributed by atoms with E-state index in [1.807, 2.05) is 48.5 Å². The van der Waals surface area contributed by atoms with E-state index in [1.54, 1.807) is 0 Å². The second-order valence-corrected chi connectivity index (χ2v) is 7.48. The minimum atomic E-state index is -0.525. The lowest BCUT2D eigenvalue weighted by molar-refractivity contribution is -0.134. The summed E-state index contributed by atoms with van der Waals surface area (Å²) in [5.41, 5.74) is 2.17. The topological polar surface area (TPSA) is 49.9 Å². The lowest BCUT2D eigenvalue weighted by Gasteiger charge is -2.24. The van der Waals surface area contributed by atoms with Crippen molar-refractivity contribution in [3.05, 3.63) is 71.8 Å². The molecule has 0 N–H and O–H groups in total. The number of cyclic esters (lactones) is 1. The normalized spacial score (nSPS) is 25.6. The molecule has 140 valence electrons. The number of carbonyl (C=O) groups excluding carboxylic acids is 2. The van der Waals surface area contributed by atoms with Crippen molar-refractivity contribution in [2.75, 3.05) is 19.7 Å². The Labute approximate surface area is 159 Å². The summed E-state index contributed by atoms with van der Waals surface area (Å²) >= 11 is 0. The van der Waals surface area contributed by atoms with Crippen LogP contribution in [0.5, 0.6) is 0 Å². The number of imide groups is 1. The van der Waals surface area contributed by atoms with Gasteiger partial charge < -0.3 is 4.74 Å². The van der Waals surface area contributed by atoms with Gasteiger partial charge in [-0.25, -0.2) is 9.69 Å². The number of nitrogens with zero attached hydrogens (tertiary/aromatic N) is 2. The van der Waals surface area contributed by atoms with Crippen LogP contribution < -0.4 is 0 Å². The third-order valence-electron chi connectivity index (χ3n) is 5.55. The molecule has 2 amide bonds. The quantitative estimate of drug-likeness (QED) is 0.833. The van der Waals surface area contributed by atoms with E-state index >= 15 is 0 Å². The number of hydrogen-bond donors (Lipinski definition) is 0. The number of rotatable bonds is 4. The van der Waals surface area contributed by atoms with Crippen LogP contribution in [0.15, 0.2) is 60.7 Å². The highest BCUT2D eigenvalue weighted by Gasteiger charge is 2.45. The van der Waals surface area contributed by atoms with E-state index in [0.29, 0.717) is 6.54 Å². The maximum absolute atomic E-state index is 13.2. The number of carbonyl (C=O) groups is 2. The van der Waals surface area contributed by atoms with Gasteiger partial charge in [-0.3, -0.25) is 9.69 Å². The number of benzene rings is 2. The predicted octanol–water partition coefficient (Wildman–Crippen LogP) is 3.47. The van der Waals surface area contributed by atoms with Gasteiger partial charge in [0.2, 0.25) is 5.91 Å². The fourth-order valence-corrected chi connectivity index (χ4v) is 4.12. The molecule has 0 aromatic heterocycles. The average molecular weight is 364 g/mol. The third-order valence-corrected chi connectivity index (χ3v) is 5.55. The molecule has 0 unspecified atom stereocenters. The van der Waals surface area contributed by atoms with Gasteiger partial charge in [0.1, 0.15) is 12.6 Å². The Hall–Kier alpha value is -2.66. The Bertz CT molecular complexity index is 809. The minimum Gasteiger partial charge on any atom is -0.446 e. The van der Waals surface area contributed by atoms with E-state index in [2.05, 4.69) is 24.0 Å². The summed E-state index contributed by atoms with van der Waals surface area (Å²) in [6.07, 6.45) is -0.525. The van der Waals surface area contributed by atoms with Crippen LogP contribution in [0.1, 0.15) is 24.1 Å². The Morgan fingerprint density at radius 3 is 2.41 bits per heavy atom. The van der Waals surface area contributed by atoms with Crippen LogP contribution in [0.3, 0.4) is 0 Å². The molecule has 2 aromatic carbocycles. The smallest absolute Gasteiger partial charge is 0.417 e. The van der Waals surface area contributed by atoms with Crippen molar-refractivity contribution in [3.63, 3.8) is 0 Å². The molecule has 0 bridgehead atoms. The average Bonchev–Trinajstić information content (AvgIpc) is 3.25. The van der Waals surface area contributed by atoms with Gasteiger partial charge in [0, 0.05) is 19.6 Å². The lowest BCUT2D eigenvalue weighted by atomic mass is 9.95. The highest BCUT2D eigenvalue weighted by molar-refractivity contribution is 5.95. The van der Waals surface area contributed by atoms with Gasteiger partial charge in [-0.15, -0.1) is 0 Å². The summed E-state index contributed by atoms with van der Waals surface area (Å²) in [4.78, 5) is 29.2. The Morgan fingerprint density at radius 1 is 1.04 bits per heavy atom. The van der Waals surface area contributed by atoms with Crippen LogP contribution in [0.4, 0.5) is 4.79 Å². The van der Waals surface area contributed by atoms with Crippen LogP contribution in [-0.2, 0) is 16.1 Å². The minimum absolute atomic E-state index is 0.116. The molecule has 2 aromatic rings. The van der Waals surface area contributed by atoms with Gasteiger partial charge in [-0.2, -0.15) is 0 Å². The van der Waals surface area contributed by atoms with Crippen molar-refractivity contribution < 1.29 is 14.3 Å². The van der Waals surface area contributed by atoms with Gasteiger partial charge >= 0.3 is 6.09 Å². The summed E-state index contributed by atoms with van der Waals surface area (Å²) in [7, 11) is 0. The summed E-state index contributed by atoms with van der Waals surface area (Å²) < 4.78 is 5.22. The van der Waals surface area contributed by atoms with Gasteiger partial charge in [0.05, 0.1) is 5.92 Å². The van der Waals surface area contributed by atoms with Crippen LogP contribution in [-0.4, -0.2) is 41.5 Å². The monoisotopic (exact) mass is 364 g/mol. The Kier molecular flexibility index (Phi) is 4.94. The largest absolute Gasteiger partial charge is 0.446 e. The zero-order chi connectivity index (χ0) is 18.8. The molecule has 0 radical (unpaired) electrons.